The van der Waals surface area contributed by atoms with Gasteiger partial charge < -0.3 is 20.1 Å². The number of rotatable bonds is 11. The molecular formula is C30H30N2O6. The molecule has 0 bridgehead atoms. The van der Waals surface area contributed by atoms with Gasteiger partial charge in [-0.25, -0.2) is 0 Å². The van der Waals surface area contributed by atoms with E-state index >= 15 is 0 Å². The predicted molar refractivity (Wildman–Crippen MR) is 140 cm³/mol. The van der Waals surface area contributed by atoms with Crippen LogP contribution >= 0.6 is 0 Å². The highest BCUT2D eigenvalue weighted by Gasteiger charge is 2.44. The van der Waals surface area contributed by atoms with Crippen LogP contribution in [0.1, 0.15) is 36.5 Å². The summed E-state index contributed by atoms with van der Waals surface area (Å²) in [6, 6.07) is 23.5. The zero-order valence-electron chi connectivity index (χ0n) is 21.3. The fourth-order valence-electron chi connectivity index (χ4n) is 4.69. The molecule has 38 heavy (non-hydrogen) atoms. The Kier molecular flexibility index (Phi) is 8.53. The van der Waals surface area contributed by atoms with Crippen molar-refractivity contribution < 1.29 is 28.7 Å². The van der Waals surface area contributed by atoms with Crippen molar-refractivity contribution in [2.75, 3.05) is 6.79 Å². The molecule has 2 atom stereocenters. The van der Waals surface area contributed by atoms with Crippen LogP contribution < -0.4 is 20.1 Å². The molecule has 4 rings (SSSR count). The zero-order valence-corrected chi connectivity index (χ0v) is 21.3. The number of fused-ring (bicyclic) bond motifs is 1. The summed E-state index contributed by atoms with van der Waals surface area (Å²) in [5, 5.41) is 5.63. The van der Waals surface area contributed by atoms with Crippen molar-refractivity contribution in [3.8, 4) is 11.5 Å². The van der Waals surface area contributed by atoms with Crippen molar-refractivity contribution in [1.82, 2.24) is 10.6 Å². The topological polar surface area (TPSA) is 111 Å². The number of hydrogen-bond acceptors (Lipinski definition) is 6. The van der Waals surface area contributed by atoms with E-state index in [0.717, 1.165) is 11.1 Å². The summed E-state index contributed by atoms with van der Waals surface area (Å²) in [4.78, 5) is 53.0. The zero-order chi connectivity index (χ0) is 27.1. The third kappa shape index (κ3) is 6.26. The first-order valence-electron chi connectivity index (χ1n) is 12.4. The van der Waals surface area contributed by atoms with E-state index in [0.29, 0.717) is 17.1 Å². The highest BCUT2D eigenvalue weighted by atomic mass is 16.7. The molecule has 1 heterocycles. The van der Waals surface area contributed by atoms with E-state index < -0.39 is 41.1 Å². The Hall–Kier alpha value is -4.46. The number of ether oxygens (including phenoxy) is 2. The minimum Gasteiger partial charge on any atom is -0.454 e. The molecule has 0 saturated heterocycles. The largest absolute Gasteiger partial charge is 0.454 e. The third-order valence-corrected chi connectivity index (χ3v) is 6.56. The first-order valence-corrected chi connectivity index (χ1v) is 12.4. The monoisotopic (exact) mass is 514 g/mol. The summed E-state index contributed by atoms with van der Waals surface area (Å²) in [7, 11) is 0. The Labute approximate surface area is 221 Å². The number of carbonyl (C=O) groups is 4. The van der Waals surface area contributed by atoms with Gasteiger partial charge in [0.2, 0.25) is 18.6 Å². The number of carbonyl (C=O) groups excluding carboxylic acids is 4. The van der Waals surface area contributed by atoms with Crippen LogP contribution in [-0.4, -0.2) is 30.2 Å². The highest BCUT2D eigenvalue weighted by molar-refractivity contribution is 6.06. The fraction of sp³-hybridized carbons (Fsp3) is 0.267. The lowest BCUT2D eigenvalue weighted by Gasteiger charge is -2.30. The maximum atomic E-state index is 13.5. The molecule has 8 nitrogen and oxygen atoms in total. The van der Waals surface area contributed by atoms with Crippen molar-refractivity contribution in [1.29, 1.82) is 0 Å². The van der Waals surface area contributed by atoms with E-state index in [1.54, 1.807) is 18.2 Å². The van der Waals surface area contributed by atoms with E-state index in [4.69, 9.17) is 9.47 Å². The second-order valence-electron chi connectivity index (χ2n) is 9.22. The van der Waals surface area contributed by atoms with Gasteiger partial charge in [-0.1, -0.05) is 66.7 Å². The van der Waals surface area contributed by atoms with Crippen LogP contribution in [0.3, 0.4) is 0 Å². The van der Waals surface area contributed by atoms with Crippen molar-refractivity contribution in [3.05, 3.63) is 95.6 Å². The minimum atomic E-state index is -1.30. The van der Waals surface area contributed by atoms with Crippen molar-refractivity contribution in [2.24, 2.45) is 11.8 Å². The SMILES string of the molecule is CC(=O)[C@H](C(=O)NCc1ccccc1)C(c1ccc2c(c1)OCO2)[C@H](C(C)=O)C(=O)NCc1ccccc1. The molecule has 8 heteroatoms. The number of benzene rings is 3. The maximum absolute atomic E-state index is 13.5. The smallest absolute Gasteiger partial charge is 0.231 e. The molecule has 0 aliphatic carbocycles. The van der Waals surface area contributed by atoms with Gasteiger partial charge in [0.05, 0.1) is 0 Å². The van der Waals surface area contributed by atoms with Gasteiger partial charge in [-0.2, -0.15) is 0 Å². The lowest BCUT2D eigenvalue weighted by molar-refractivity contribution is -0.138. The predicted octanol–water partition coefficient (Wildman–Crippen LogP) is 3.54. The molecular weight excluding hydrogens is 484 g/mol. The highest BCUT2D eigenvalue weighted by Crippen LogP contribution is 2.40. The van der Waals surface area contributed by atoms with Gasteiger partial charge in [-0.15, -0.1) is 0 Å². The molecule has 2 N–H and O–H groups in total. The summed E-state index contributed by atoms with van der Waals surface area (Å²) < 4.78 is 10.9. The lowest BCUT2D eigenvalue weighted by atomic mass is 9.72. The number of Topliss-reactive ketones (excluding diaryl/α,β-unsaturated/α-hetero) is 2. The first kappa shape index (κ1) is 26.6. The fourth-order valence-corrected chi connectivity index (χ4v) is 4.69. The summed E-state index contributed by atoms with van der Waals surface area (Å²) in [6.45, 7) is 3.02. The molecule has 0 radical (unpaired) electrons. The molecule has 2 amide bonds. The lowest BCUT2D eigenvalue weighted by Crippen LogP contribution is -2.46. The minimum absolute atomic E-state index is 0.0326. The van der Waals surface area contributed by atoms with Gasteiger partial charge in [0.25, 0.3) is 0 Å². The maximum Gasteiger partial charge on any atom is 0.231 e. The van der Waals surface area contributed by atoms with Crippen LogP contribution in [0.15, 0.2) is 78.9 Å². The average Bonchev–Trinajstić information content (AvgIpc) is 3.39. The number of nitrogens with one attached hydrogen (secondary N) is 2. The Balaban J connectivity index is 1.68. The summed E-state index contributed by atoms with van der Waals surface area (Å²) >= 11 is 0. The molecule has 1 aliphatic rings. The molecule has 0 spiro atoms. The van der Waals surface area contributed by atoms with E-state index in [-0.39, 0.29) is 19.9 Å². The number of ketones is 2. The molecule has 0 unspecified atom stereocenters. The second-order valence-corrected chi connectivity index (χ2v) is 9.22. The van der Waals surface area contributed by atoms with E-state index in [1.165, 1.54) is 13.8 Å². The Morgan fingerprint density at radius 2 is 1.16 bits per heavy atom. The van der Waals surface area contributed by atoms with Crippen LogP contribution in [0.2, 0.25) is 0 Å². The van der Waals surface area contributed by atoms with Crippen LogP contribution in [0, 0.1) is 11.8 Å². The Bertz CT molecular complexity index is 1240. The molecule has 0 aromatic heterocycles. The van der Waals surface area contributed by atoms with Crippen molar-refractivity contribution in [3.63, 3.8) is 0 Å². The van der Waals surface area contributed by atoms with Gasteiger partial charge in [-0.3, -0.25) is 19.2 Å². The van der Waals surface area contributed by atoms with E-state index in [2.05, 4.69) is 10.6 Å². The Morgan fingerprint density at radius 1 is 0.684 bits per heavy atom. The van der Waals surface area contributed by atoms with Crippen LogP contribution in [0.25, 0.3) is 0 Å². The standard InChI is InChI=1S/C30H30N2O6/c1-19(33)26(29(35)31-16-21-9-5-3-6-10-21)28(23-13-14-24-25(15-23)38-18-37-24)27(20(2)34)30(36)32-17-22-11-7-4-8-12-22/h3-15,26-28H,16-18H2,1-2H3,(H,31,35)(H,32,36)/t26-,27-/m0/s1. The second kappa shape index (κ2) is 12.2. The van der Waals surface area contributed by atoms with Gasteiger partial charge >= 0.3 is 0 Å². The molecule has 3 aromatic rings. The Morgan fingerprint density at radius 3 is 1.63 bits per heavy atom. The molecule has 0 saturated carbocycles. The van der Waals surface area contributed by atoms with Crippen LogP contribution in [0.5, 0.6) is 11.5 Å². The third-order valence-electron chi connectivity index (χ3n) is 6.56. The quantitative estimate of drug-likeness (QED) is 0.379. The van der Waals surface area contributed by atoms with Gasteiger partial charge in [0.15, 0.2) is 11.5 Å². The normalized spacial score (nSPS) is 13.4. The molecule has 3 aromatic carbocycles. The number of amides is 2. The average molecular weight is 515 g/mol. The number of hydrogen-bond donors (Lipinski definition) is 2. The van der Waals surface area contributed by atoms with E-state index in [1.807, 2.05) is 60.7 Å². The first-order chi connectivity index (χ1) is 18.3. The van der Waals surface area contributed by atoms with Gasteiger partial charge in [0, 0.05) is 19.0 Å². The summed E-state index contributed by atoms with van der Waals surface area (Å²) in [5.41, 5.74) is 2.16. The summed E-state index contributed by atoms with van der Waals surface area (Å²) in [6.07, 6.45) is 0. The van der Waals surface area contributed by atoms with Crippen LogP contribution in [-0.2, 0) is 32.3 Å². The van der Waals surface area contributed by atoms with Crippen molar-refractivity contribution >= 4 is 23.4 Å². The summed E-state index contributed by atoms with van der Waals surface area (Å²) in [5.74, 6) is -4.77. The van der Waals surface area contributed by atoms with Gasteiger partial charge in [-0.05, 0) is 42.7 Å². The molecule has 196 valence electrons. The molecule has 0 fully saturated rings. The van der Waals surface area contributed by atoms with E-state index in [9.17, 15) is 19.2 Å². The van der Waals surface area contributed by atoms with Crippen molar-refractivity contribution in [2.45, 2.75) is 32.9 Å². The van der Waals surface area contributed by atoms with Gasteiger partial charge in [0.1, 0.15) is 23.4 Å². The van der Waals surface area contributed by atoms with Crippen LogP contribution in [0.4, 0.5) is 0 Å². The molecule has 1 aliphatic heterocycles.